The van der Waals surface area contributed by atoms with Crippen LogP contribution in [0, 0.1) is 0 Å². The summed E-state index contributed by atoms with van der Waals surface area (Å²) in [5, 5.41) is 2.98. The first kappa shape index (κ1) is 22.7. The molecule has 2 aromatic rings. The predicted octanol–water partition coefficient (Wildman–Crippen LogP) is 5.22. The normalized spacial score (nSPS) is 14.9. The second kappa shape index (κ2) is 11.4. The van der Waals surface area contributed by atoms with E-state index < -0.39 is 0 Å². The Hall–Kier alpha value is -1.99. The summed E-state index contributed by atoms with van der Waals surface area (Å²) >= 11 is 3.95. The lowest BCUT2D eigenvalue weighted by Gasteiger charge is -2.18. The Morgan fingerprint density at radius 2 is 1.67 bits per heavy atom. The van der Waals surface area contributed by atoms with E-state index in [2.05, 4.69) is 17.4 Å². The number of carbonyl (C=O) groups excluding carboxylic acids is 1. The Labute approximate surface area is 187 Å². The molecule has 0 spiro atoms. The molecule has 30 heavy (non-hydrogen) atoms. The fraction of sp³-hybridized carbons (Fsp3) is 0.435. The molecule has 5 nitrogen and oxygen atoms in total. The maximum Gasteiger partial charge on any atom is 0.258 e. The molecular weight excluding hydrogens is 418 g/mol. The van der Waals surface area contributed by atoms with Crippen LogP contribution in [0.1, 0.15) is 42.5 Å². The van der Waals surface area contributed by atoms with Gasteiger partial charge in [-0.2, -0.15) is 0 Å². The van der Waals surface area contributed by atoms with Crippen LogP contribution in [0.25, 0.3) is 0 Å². The first-order valence-corrected chi connectivity index (χ1v) is 12.3. The molecule has 0 saturated carbocycles. The first-order valence-electron chi connectivity index (χ1n) is 10.3. The van der Waals surface area contributed by atoms with E-state index in [1.54, 1.807) is 0 Å². The van der Waals surface area contributed by atoms with Crippen LogP contribution in [-0.2, 0) is 4.79 Å². The number of benzene rings is 2. The zero-order valence-electron chi connectivity index (χ0n) is 17.7. The van der Waals surface area contributed by atoms with Crippen molar-refractivity contribution in [3.8, 4) is 17.2 Å². The first-order chi connectivity index (χ1) is 14.6. The van der Waals surface area contributed by atoms with Crippen molar-refractivity contribution in [2.45, 2.75) is 31.4 Å². The zero-order chi connectivity index (χ0) is 21.3. The van der Waals surface area contributed by atoms with E-state index >= 15 is 0 Å². The van der Waals surface area contributed by atoms with Crippen LogP contribution in [0.4, 0.5) is 0 Å². The van der Waals surface area contributed by atoms with Gasteiger partial charge in [0.15, 0.2) is 18.1 Å². The largest absolute Gasteiger partial charge is 0.490 e. The van der Waals surface area contributed by atoms with Gasteiger partial charge in [0, 0.05) is 11.5 Å². The van der Waals surface area contributed by atoms with Gasteiger partial charge in [-0.05, 0) is 56.2 Å². The number of hydrogen-bond donors (Lipinski definition) is 1. The number of ether oxygens (including phenoxy) is 3. The molecule has 1 amide bonds. The van der Waals surface area contributed by atoms with Crippen molar-refractivity contribution >= 4 is 29.4 Å². The summed E-state index contributed by atoms with van der Waals surface area (Å²) in [6.45, 7) is 6.91. The minimum absolute atomic E-state index is 0.0219. The molecule has 0 unspecified atom stereocenters. The van der Waals surface area contributed by atoms with Gasteiger partial charge >= 0.3 is 0 Å². The van der Waals surface area contributed by atoms with E-state index in [4.69, 9.17) is 14.2 Å². The number of hydrogen-bond acceptors (Lipinski definition) is 6. The standard InChI is InChI=1S/C23H29NO4S2/c1-4-26-20-11-8-18(14-21(20)27-5-2)16(3)24-22(25)15-28-19-9-6-17(7-10-19)23-29-12-13-30-23/h6-11,14,16,23H,4-5,12-13,15H2,1-3H3,(H,24,25)/t16-/m1/s1. The molecule has 1 aliphatic rings. The molecule has 162 valence electrons. The highest BCUT2D eigenvalue weighted by molar-refractivity contribution is 8.19. The Balaban J connectivity index is 1.52. The molecular formula is C23H29NO4S2. The predicted molar refractivity (Wildman–Crippen MR) is 125 cm³/mol. The summed E-state index contributed by atoms with van der Waals surface area (Å²) < 4.78 is 17.4. The summed E-state index contributed by atoms with van der Waals surface area (Å²) in [6.07, 6.45) is 0. The third-order valence-corrected chi connectivity index (χ3v) is 7.69. The summed E-state index contributed by atoms with van der Waals surface area (Å²) in [4.78, 5) is 12.4. The highest BCUT2D eigenvalue weighted by Gasteiger charge is 2.18. The summed E-state index contributed by atoms with van der Waals surface area (Å²) in [7, 11) is 0. The van der Waals surface area contributed by atoms with Crippen LogP contribution in [0.15, 0.2) is 42.5 Å². The smallest absolute Gasteiger partial charge is 0.258 e. The number of amides is 1. The van der Waals surface area contributed by atoms with E-state index in [9.17, 15) is 4.79 Å². The van der Waals surface area contributed by atoms with Crippen LogP contribution in [0.3, 0.4) is 0 Å². The lowest BCUT2D eigenvalue weighted by atomic mass is 10.1. The Morgan fingerprint density at radius 1 is 1.00 bits per heavy atom. The molecule has 1 heterocycles. The molecule has 1 N–H and O–H groups in total. The summed E-state index contributed by atoms with van der Waals surface area (Å²) in [5.74, 6) is 4.34. The van der Waals surface area contributed by atoms with Gasteiger partial charge in [0.2, 0.25) is 0 Å². The topological polar surface area (TPSA) is 56.8 Å². The van der Waals surface area contributed by atoms with Crippen molar-refractivity contribution in [2.24, 2.45) is 0 Å². The van der Waals surface area contributed by atoms with Gasteiger partial charge in [0.25, 0.3) is 5.91 Å². The van der Waals surface area contributed by atoms with Crippen molar-refractivity contribution < 1.29 is 19.0 Å². The van der Waals surface area contributed by atoms with Crippen LogP contribution in [0.5, 0.6) is 17.2 Å². The molecule has 1 aliphatic heterocycles. The number of rotatable bonds is 10. The van der Waals surface area contributed by atoms with E-state index in [0.717, 1.165) is 5.56 Å². The number of carbonyl (C=O) groups is 1. The van der Waals surface area contributed by atoms with Gasteiger partial charge in [-0.3, -0.25) is 4.79 Å². The average molecular weight is 448 g/mol. The van der Waals surface area contributed by atoms with Crippen molar-refractivity contribution in [3.05, 3.63) is 53.6 Å². The lowest BCUT2D eigenvalue weighted by molar-refractivity contribution is -0.123. The Bertz CT molecular complexity index is 822. The fourth-order valence-electron chi connectivity index (χ4n) is 3.12. The average Bonchev–Trinajstić information content (AvgIpc) is 3.29. The maximum absolute atomic E-state index is 12.4. The van der Waals surface area contributed by atoms with E-state index in [1.807, 2.05) is 74.6 Å². The molecule has 1 saturated heterocycles. The number of nitrogens with one attached hydrogen (secondary N) is 1. The highest BCUT2D eigenvalue weighted by Crippen LogP contribution is 2.45. The van der Waals surface area contributed by atoms with Crippen molar-refractivity contribution in [1.29, 1.82) is 0 Å². The molecule has 1 atom stereocenters. The summed E-state index contributed by atoms with van der Waals surface area (Å²) in [5.41, 5.74) is 2.25. The van der Waals surface area contributed by atoms with Crippen molar-refractivity contribution in [3.63, 3.8) is 0 Å². The van der Waals surface area contributed by atoms with E-state index in [0.29, 0.717) is 35.0 Å². The molecule has 0 bridgehead atoms. The molecule has 1 fully saturated rings. The SMILES string of the molecule is CCOc1ccc([C@@H](C)NC(=O)COc2ccc(C3SCCS3)cc2)cc1OCC. The highest BCUT2D eigenvalue weighted by atomic mass is 32.2. The van der Waals surface area contributed by atoms with Crippen LogP contribution in [-0.4, -0.2) is 37.2 Å². The third kappa shape index (κ3) is 6.25. The molecule has 3 rings (SSSR count). The molecule has 2 aromatic carbocycles. The van der Waals surface area contributed by atoms with Gasteiger partial charge in [-0.25, -0.2) is 0 Å². The van der Waals surface area contributed by atoms with E-state index in [1.165, 1.54) is 17.1 Å². The quantitative estimate of drug-likeness (QED) is 0.539. The van der Waals surface area contributed by atoms with Crippen LogP contribution >= 0.6 is 23.5 Å². The number of thioether (sulfide) groups is 2. The minimum atomic E-state index is -0.172. The van der Waals surface area contributed by atoms with Gasteiger partial charge in [0.05, 0.1) is 23.8 Å². The van der Waals surface area contributed by atoms with E-state index in [-0.39, 0.29) is 18.6 Å². The minimum Gasteiger partial charge on any atom is -0.490 e. The maximum atomic E-state index is 12.4. The molecule has 0 aromatic heterocycles. The second-order valence-electron chi connectivity index (χ2n) is 6.79. The van der Waals surface area contributed by atoms with Gasteiger partial charge in [0.1, 0.15) is 5.75 Å². The summed E-state index contributed by atoms with van der Waals surface area (Å²) in [6, 6.07) is 13.6. The van der Waals surface area contributed by atoms with Crippen LogP contribution in [0.2, 0.25) is 0 Å². The van der Waals surface area contributed by atoms with Crippen LogP contribution < -0.4 is 19.5 Å². The Morgan fingerprint density at radius 3 is 2.33 bits per heavy atom. The van der Waals surface area contributed by atoms with Gasteiger partial charge in [-0.1, -0.05) is 18.2 Å². The van der Waals surface area contributed by atoms with Crippen molar-refractivity contribution in [2.75, 3.05) is 31.3 Å². The van der Waals surface area contributed by atoms with Crippen molar-refractivity contribution in [1.82, 2.24) is 5.32 Å². The monoisotopic (exact) mass is 447 g/mol. The fourth-order valence-corrected chi connectivity index (χ4v) is 5.98. The second-order valence-corrected chi connectivity index (χ2v) is 9.52. The molecule has 0 aliphatic carbocycles. The molecule has 0 radical (unpaired) electrons. The van der Waals surface area contributed by atoms with Gasteiger partial charge in [-0.15, -0.1) is 23.5 Å². The third-order valence-electron chi connectivity index (χ3n) is 4.59. The molecule has 7 heteroatoms. The lowest BCUT2D eigenvalue weighted by Crippen LogP contribution is -2.31. The zero-order valence-corrected chi connectivity index (χ0v) is 19.3. The van der Waals surface area contributed by atoms with Gasteiger partial charge < -0.3 is 19.5 Å². The Kier molecular flexibility index (Phi) is 8.63.